The van der Waals surface area contributed by atoms with Gasteiger partial charge in [0, 0.05) is 12.6 Å². The van der Waals surface area contributed by atoms with Crippen molar-refractivity contribution in [2.75, 3.05) is 23.3 Å². The zero-order valence-electron chi connectivity index (χ0n) is 14.7. The topological polar surface area (TPSA) is 102 Å². The molecule has 142 valence electrons. The number of fused-ring (bicyclic) bond motifs is 1. The first-order valence-corrected chi connectivity index (χ1v) is 9.51. The second-order valence-electron chi connectivity index (χ2n) is 5.84. The summed E-state index contributed by atoms with van der Waals surface area (Å²) in [5.74, 6) is -0.642. The summed E-state index contributed by atoms with van der Waals surface area (Å²) in [6.07, 6.45) is -1.07. The number of methoxy groups -OCH3 is 1. The van der Waals surface area contributed by atoms with Crippen LogP contribution >= 0.6 is 0 Å². The van der Waals surface area contributed by atoms with Gasteiger partial charge in [-0.2, -0.15) is 0 Å². The predicted molar refractivity (Wildman–Crippen MR) is 98.2 cm³/mol. The van der Waals surface area contributed by atoms with E-state index < -0.39 is 22.1 Å². The van der Waals surface area contributed by atoms with Gasteiger partial charge in [0.25, 0.3) is 10.0 Å². The van der Waals surface area contributed by atoms with E-state index in [9.17, 15) is 18.0 Å². The Balaban J connectivity index is 1.99. The van der Waals surface area contributed by atoms with Gasteiger partial charge in [-0.25, -0.2) is 13.2 Å². The summed E-state index contributed by atoms with van der Waals surface area (Å²) >= 11 is 0. The van der Waals surface area contributed by atoms with Crippen molar-refractivity contribution < 1.29 is 27.5 Å². The third-order valence-electron chi connectivity index (χ3n) is 3.96. The molecule has 0 saturated carbocycles. The number of rotatable bonds is 4. The van der Waals surface area contributed by atoms with Gasteiger partial charge < -0.3 is 14.8 Å². The Morgan fingerprint density at radius 2 is 1.81 bits per heavy atom. The van der Waals surface area contributed by atoms with Gasteiger partial charge in [0.1, 0.15) is 5.75 Å². The highest BCUT2D eigenvalue weighted by molar-refractivity contribution is 7.92. The summed E-state index contributed by atoms with van der Waals surface area (Å²) in [6, 6.07) is 12.3. The summed E-state index contributed by atoms with van der Waals surface area (Å²) in [5.41, 5.74) is 0.819. The molecular formula is C18H18N2O6S. The fourth-order valence-electron chi connectivity index (χ4n) is 2.72. The first-order chi connectivity index (χ1) is 12.8. The lowest BCUT2D eigenvalue weighted by Gasteiger charge is -2.34. The van der Waals surface area contributed by atoms with Gasteiger partial charge in [0.2, 0.25) is 12.0 Å². The number of anilines is 2. The van der Waals surface area contributed by atoms with E-state index in [0.717, 1.165) is 4.31 Å². The van der Waals surface area contributed by atoms with E-state index in [1.165, 1.54) is 38.3 Å². The summed E-state index contributed by atoms with van der Waals surface area (Å²) in [6.45, 7) is 1.15. The van der Waals surface area contributed by atoms with E-state index in [0.29, 0.717) is 11.4 Å². The second kappa shape index (κ2) is 7.28. The molecule has 27 heavy (non-hydrogen) atoms. The van der Waals surface area contributed by atoms with Crippen LogP contribution in [0.25, 0.3) is 0 Å². The number of amides is 1. The number of para-hydroxylation sites is 2. The number of ether oxygens (including phenoxy) is 2. The van der Waals surface area contributed by atoms with Crippen LogP contribution in [0.5, 0.6) is 5.75 Å². The monoisotopic (exact) mass is 390 g/mol. The molecular weight excluding hydrogens is 372 g/mol. The van der Waals surface area contributed by atoms with Crippen molar-refractivity contribution in [2.24, 2.45) is 0 Å². The van der Waals surface area contributed by atoms with Gasteiger partial charge in [-0.05, 0) is 36.4 Å². The minimum atomic E-state index is -3.96. The van der Waals surface area contributed by atoms with E-state index in [1.54, 1.807) is 24.3 Å². The molecule has 1 atom stereocenters. The Labute approximate surface area is 156 Å². The van der Waals surface area contributed by atoms with E-state index in [-0.39, 0.29) is 23.1 Å². The Morgan fingerprint density at radius 1 is 1.15 bits per heavy atom. The third-order valence-corrected chi connectivity index (χ3v) is 5.76. The lowest BCUT2D eigenvalue weighted by atomic mass is 10.2. The van der Waals surface area contributed by atoms with E-state index in [1.807, 2.05) is 0 Å². The maximum Gasteiger partial charge on any atom is 0.348 e. The normalized spacial score (nSPS) is 16.1. The van der Waals surface area contributed by atoms with Crippen LogP contribution in [-0.2, 0) is 24.3 Å². The van der Waals surface area contributed by atoms with Crippen LogP contribution in [0.3, 0.4) is 0 Å². The highest BCUT2D eigenvalue weighted by Gasteiger charge is 2.37. The quantitative estimate of drug-likeness (QED) is 0.799. The largest absolute Gasteiger partial charge is 0.475 e. The van der Waals surface area contributed by atoms with Crippen molar-refractivity contribution in [2.45, 2.75) is 17.9 Å². The van der Waals surface area contributed by atoms with Crippen LogP contribution in [0.15, 0.2) is 53.4 Å². The molecule has 0 unspecified atom stereocenters. The van der Waals surface area contributed by atoms with Gasteiger partial charge in [-0.3, -0.25) is 9.10 Å². The van der Waals surface area contributed by atoms with Crippen LogP contribution in [0, 0.1) is 0 Å². The minimum absolute atomic E-state index is 0.0249. The number of sulfonamides is 1. The Kier molecular flexibility index (Phi) is 5.04. The summed E-state index contributed by atoms with van der Waals surface area (Å²) in [4.78, 5) is 23.1. The predicted octanol–water partition coefficient (Wildman–Crippen LogP) is 1.77. The molecule has 1 N–H and O–H groups in total. The SMILES string of the molecule is COC(=O)[C@@H]1CN(S(=O)(=O)c2ccc(NC(C)=O)cc2)c2ccccc2O1. The van der Waals surface area contributed by atoms with Crippen LogP contribution in [0.1, 0.15) is 6.92 Å². The number of hydrogen-bond acceptors (Lipinski definition) is 6. The molecule has 0 bridgehead atoms. The smallest absolute Gasteiger partial charge is 0.348 e. The lowest BCUT2D eigenvalue weighted by molar-refractivity contribution is -0.148. The number of carbonyl (C=O) groups is 2. The molecule has 3 rings (SSSR count). The Morgan fingerprint density at radius 3 is 2.44 bits per heavy atom. The fraction of sp³-hybridized carbons (Fsp3) is 0.222. The van der Waals surface area contributed by atoms with Crippen LogP contribution in [0.4, 0.5) is 11.4 Å². The third kappa shape index (κ3) is 3.72. The zero-order chi connectivity index (χ0) is 19.6. The van der Waals surface area contributed by atoms with Crippen LogP contribution in [0.2, 0.25) is 0 Å². The number of benzene rings is 2. The first-order valence-electron chi connectivity index (χ1n) is 8.07. The maximum atomic E-state index is 13.2. The van der Waals surface area contributed by atoms with Gasteiger partial charge in [0.15, 0.2) is 0 Å². The van der Waals surface area contributed by atoms with Crippen molar-refractivity contribution in [3.05, 3.63) is 48.5 Å². The van der Waals surface area contributed by atoms with Crippen molar-refractivity contribution >= 4 is 33.3 Å². The highest BCUT2D eigenvalue weighted by atomic mass is 32.2. The van der Waals surface area contributed by atoms with E-state index in [2.05, 4.69) is 5.32 Å². The number of hydrogen-bond donors (Lipinski definition) is 1. The van der Waals surface area contributed by atoms with Gasteiger partial charge in [-0.1, -0.05) is 12.1 Å². The minimum Gasteiger partial charge on any atom is -0.475 e. The molecule has 1 amide bonds. The summed E-state index contributed by atoms with van der Waals surface area (Å²) in [7, 11) is -2.75. The zero-order valence-corrected chi connectivity index (χ0v) is 15.5. The van der Waals surface area contributed by atoms with E-state index >= 15 is 0 Å². The molecule has 2 aromatic carbocycles. The first kappa shape index (κ1) is 18.7. The molecule has 0 spiro atoms. The van der Waals surface area contributed by atoms with Crippen LogP contribution < -0.4 is 14.4 Å². The Bertz CT molecular complexity index is 972. The van der Waals surface area contributed by atoms with Crippen LogP contribution in [-0.4, -0.2) is 40.1 Å². The van der Waals surface area contributed by atoms with Crippen molar-refractivity contribution in [3.8, 4) is 5.75 Å². The molecule has 0 fully saturated rings. The molecule has 8 nitrogen and oxygen atoms in total. The van der Waals surface area contributed by atoms with E-state index in [4.69, 9.17) is 9.47 Å². The molecule has 0 aromatic heterocycles. The summed E-state index contributed by atoms with van der Waals surface area (Å²) < 4.78 is 37.7. The number of carbonyl (C=O) groups excluding carboxylic acids is 2. The Hall–Kier alpha value is -3.07. The maximum absolute atomic E-state index is 13.2. The number of nitrogens with zero attached hydrogens (tertiary/aromatic N) is 1. The molecule has 1 aliphatic rings. The molecule has 0 saturated heterocycles. The van der Waals surface area contributed by atoms with Crippen molar-refractivity contribution in [1.82, 2.24) is 0 Å². The molecule has 1 heterocycles. The molecule has 0 aliphatic carbocycles. The average Bonchev–Trinajstić information content (AvgIpc) is 2.66. The molecule has 1 aliphatic heterocycles. The van der Waals surface area contributed by atoms with Gasteiger partial charge in [0.05, 0.1) is 24.2 Å². The van der Waals surface area contributed by atoms with Gasteiger partial charge in [-0.15, -0.1) is 0 Å². The van der Waals surface area contributed by atoms with Crippen molar-refractivity contribution in [3.63, 3.8) is 0 Å². The molecule has 2 aromatic rings. The molecule has 0 radical (unpaired) electrons. The lowest BCUT2D eigenvalue weighted by Crippen LogP contribution is -2.47. The van der Waals surface area contributed by atoms with Crippen molar-refractivity contribution in [1.29, 1.82) is 0 Å². The average molecular weight is 390 g/mol. The number of nitrogens with one attached hydrogen (secondary N) is 1. The standard InChI is InChI=1S/C18H18N2O6S/c1-12(21)19-13-7-9-14(10-8-13)27(23,24)20-11-17(18(22)25-2)26-16-6-4-3-5-15(16)20/h3-10,17H,11H2,1-2H3,(H,19,21)/t17-/m0/s1. The van der Waals surface area contributed by atoms with Gasteiger partial charge >= 0.3 is 5.97 Å². The summed E-state index contributed by atoms with van der Waals surface area (Å²) in [5, 5.41) is 2.58. The highest BCUT2D eigenvalue weighted by Crippen LogP contribution is 2.37. The second-order valence-corrected chi connectivity index (χ2v) is 7.70. The fourth-order valence-corrected chi connectivity index (χ4v) is 4.20. The molecule has 9 heteroatoms. The number of esters is 1.